The third kappa shape index (κ3) is 2.53. The maximum absolute atomic E-state index is 9.48. The second-order valence-electron chi connectivity index (χ2n) is 4.32. The largest absolute Gasteiger partial charge is 0.397 e. The highest BCUT2D eigenvalue weighted by molar-refractivity contribution is 7.73. The van der Waals surface area contributed by atoms with E-state index >= 15 is 0 Å². The van der Waals surface area contributed by atoms with E-state index < -0.39 is 0 Å². The van der Waals surface area contributed by atoms with Crippen LogP contribution in [0.3, 0.4) is 0 Å². The van der Waals surface area contributed by atoms with Crippen LogP contribution in [0.1, 0.15) is 0 Å². The molecule has 0 aromatic carbocycles. The number of hydrogen-bond donors (Lipinski definition) is 2. The summed E-state index contributed by atoms with van der Waals surface area (Å²) in [6, 6.07) is 0. The number of rotatable bonds is 2. The van der Waals surface area contributed by atoms with E-state index in [1.807, 2.05) is 49.5 Å². The number of hydrogen-bond acceptors (Lipinski definition) is 2. The van der Waals surface area contributed by atoms with Crippen molar-refractivity contribution in [3.63, 3.8) is 0 Å². The Bertz CT molecular complexity index is 225. The molecule has 0 aromatic rings. The summed E-state index contributed by atoms with van der Waals surface area (Å²) in [6.07, 6.45) is 0. The van der Waals surface area contributed by atoms with Crippen molar-refractivity contribution in [3.8, 4) is 0 Å². The zero-order chi connectivity index (χ0) is 11.4. The lowest BCUT2D eigenvalue weighted by Gasteiger charge is -2.54. The van der Waals surface area contributed by atoms with Crippen LogP contribution < -0.4 is 0 Å². The van der Waals surface area contributed by atoms with Crippen LogP contribution in [0.15, 0.2) is 0 Å². The molecule has 12 heteroatoms. The molecule has 0 saturated carbocycles. The first-order valence-electron chi connectivity index (χ1n) is 5.59. The third-order valence-electron chi connectivity index (χ3n) is 3.42. The van der Waals surface area contributed by atoms with Gasteiger partial charge in [-0.3, -0.25) is 0 Å². The molecule has 2 nitrogen and oxygen atoms in total. The number of aliphatic hydroxyl groups excluding tert-OH is 2. The van der Waals surface area contributed by atoms with Crippen LogP contribution in [0.4, 0.5) is 0 Å². The van der Waals surface area contributed by atoms with Gasteiger partial charge in [0.1, 0.15) is 0 Å². The predicted octanol–water partition coefficient (Wildman–Crippen LogP) is -4.28. The van der Waals surface area contributed by atoms with Crippen molar-refractivity contribution in [1.29, 1.82) is 0 Å². The van der Waals surface area contributed by atoms with Gasteiger partial charge in [-0.2, -0.15) is 0 Å². The highest BCUT2D eigenvalue weighted by Crippen LogP contribution is 2.48. The highest BCUT2D eigenvalue weighted by atomic mass is 16.3. The maximum Gasteiger partial charge on any atom is 0.0643 e. The molecule has 0 unspecified atom stereocenters. The van der Waals surface area contributed by atoms with Crippen LogP contribution in [0.2, 0.25) is 11.0 Å². The summed E-state index contributed by atoms with van der Waals surface area (Å²) in [5, 5.41) is 18.5. The van der Waals surface area contributed by atoms with Gasteiger partial charge in [0.05, 0.1) is 20.8 Å². The fourth-order valence-corrected chi connectivity index (χ4v) is 2.40. The third-order valence-corrected chi connectivity index (χ3v) is 3.42. The predicted molar refractivity (Wildman–Crippen MR) is 78.2 cm³/mol. The Morgan fingerprint density at radius 2 is 1.69 bits per heavy atom. The summed E-state index contributed by atoms with van der Waals surface area (Å²) in [4.78, 5) is 0. The summed E-state index contributed by atoms with van der Waals surface area (Å²) in [6.45, 7) is 0.411. The molecule has 2 atom stereocenters. The van der Waals surface area contributed by atoms with Gasteiger partial charge >= 0.3 is 0 Å². The fraction of sp³-hybridized carbons (Fsp3) is 1.00. The van der Waals surface area contributed by atoms with E-state index in [0.29, 0.717) is 0 Å². The van der Waals surface area contributed by atoms with Crippen molar-refractivity contribution in [2.24, 2.45) is 0 Å². The minimum Gasteiger partial charge on any atom is -0.397 e. The molecule has 3 fully saturated rings. The molecule has 0 aromatic heterocycles. The van der Waals surface area contributed by atoms with E-state index in [-0.39, 0.29) is 30.7 Å². The molecule has 3 rings (SSSR count). The monoisotopic (exact) mass is 197 g/mol. The Labute approximate surface area is 105 Å². The molecule has 3 aliphatic rings. The molecule has 3 saturated heterocycles. The minimum atomic E-state index is -0.349. The van der Waals surface area contributed by atoms with Gasteiger partial charge in [0.2, 0.25) is 0 Å². The maximum atomic E-state index is 9.48. The van der Waals surface area contributed by atoms with E-state index in [2.05, 4.69) is 14.2 Å². The molecule has 2 bridgehead atoms. The quantitative estimate of drug-likeness (QED) is 0.438. The van der Waals surface area contributed by atoms with Gasteiger partial charge in [0.25, 0.3) is 0 Å². The number of fused-ring (bicyclic) bond motifs is 7. The smallest absolute Gasteiger partial charge is 0.0643 e. The van der Waals surface area contributed by atoms with Crippen molar-refractivity contribution >= 4 is 70.3 Å². The molecule has 3 heterocycles. The van der Waals surface area contributed by atoms with Crippen molar-refractivity contribution in [1.82, 2.24) is 0 Å². The molecule has 65 valence electrons. The second-order valence-corrected chi connectivity index (χ2v) is 4.32. The first-order chi connectivity index (χ1) is 7.82. The van der Waals surface area contributed by atoms with Crippen molar-refractivity contribution < 1.29 is 10.2 Å². The zero-order valence-corrected chi connectivity index (χ0v) is 9.16. The zero-order valence-electron chi connectivity index (χ0n) is 9.16. The molecule has 0 amide bonds. The van der Waals surface area contributed by atoms with E-state index in [0.717, 1.165) is 0 Å². The Balaban J connectivity index is 1.99. The molecule has 0 spiro atoms. The van der Waals surface area contributed by atoms with E-state index in [4.69, 9.17) is 0 Å². The van der Waals surface area contributed by atoms with E-state index in [9.17, 15) is 10.2 Å². The molecular formula is C4H7B10O2. The average Bonchev–Trinajstić information content (AvgIpc) is 2.34. The van der Waals surface area contributed by atoms with Crippen LogP contribution in [0.25, 0.3) is 0 Å². The van der Waals surface area contributed by atoms with Gasteiger partial charge in [-0.15, -0.1) is 0 Å². The summed E-state index contributed by atoms with van der Waals surface area (Å²) in [7, 11) is 17.9. The molecule has 0 aliphatic carbocycles. The molecule has 3 aliphatic heterocycles. The lowest BCUT2D eigenvalue weighted by atomic mass is 8.76. The second kappa shape index (κ2) is 5.95. The van der Waals surface area contributed by atoms with Gasteiger partial charge in [0.15, 0.2) is 0 Å². The summed E-state index contributed by atoms with van der Waals surface area (Å²) in [5.74, 6) is 0.0879. The van der Waals surface area contributed by atoms with E-state index in [1.165, 1.54) is 0 Å². The molecular weight excluding hydrogens is 188 g/mol. The topological polar surface area (TPSA) is 40.5 Å². The average molecular weight is 195 g/mol. The fourth-order valence-electron chi connectivity index (χ4n) is 2.40. The van der Waals surface area contributed by atoms with Crippen LogP contribution in [-0.4, -0.2) is 93.7 Å². The van der Waals surface area contributed by atoms with Crippen LogP contribution >= 0.6 is 0 Å². The standard InChI is InChI=1S/C4H7B10O2/c15-1-3-4(2-16)5-7-8-9-10-11-12-13-14(3)6-4/h3,15-16H,1-2H2/t3-,4-/m1/s1. The van der Waals surface area contributed by atoms with Gasteiger partial charge < -0.3 is 10.2 Å². The van der Waals surface area contributed by atoms with Crippen LogP contribution in [-0.2, 0) is 0 Å². The molecule has 2 N–H and O–H groups in total. The molecule has 9 radical (unpaired) electrons. The Morgan fingerprint density at radius 3 is 2.38 bits per heavy atom. The molecule has 16 heavy (non-hydrogen) atoms. The van der Waals surface area contributed by atoms with Gasteiger partial charge in [-0.1, -0.05) is 11.0 Å². The SMILES string of the molecule is OC[C@H]1B2[B][B][B][B][B][B][B][B][C@]1(CO)[B]2. The Kier molecular flexibility index (Phi) is 4.84. The van der Waals surface area contributed by atoms with Crippen molar-refractivity contribution in [3.05, 3.63) is 0 Å². The van der Waals surface area contributed by atoms with Crippen molar-refractivity contribution in [2.45, 2.75) is 11.0 Å². The Hall–Kier alpha value is 0.569. The van der Waals surface area contributed by atoms with Gasteiger partial charge in [-0.25, -0.2) is 0 Å². The summed E-state index contributed by atoms with van der Waals surface area (Å²) >= 11 is 0. The minimum absolute atomic E-state index is 0.0559. The lowest BCUT2D eigenvalue weighted by molar-refractivity contribution is 0.222. The number of aliphatic hydroxyl groups is 2. The Morgan fingerprint density at radius 1 is 1.00 bits per heavy atom. The summed E-state index contributed by atoms with van der Waals surface area (Å²) in [5.41, 5.74) is 0. The summed E-state index contributed by atoms with van der Waals surface area (Å²) < 4.78 is 0. The van der Waals surface area contributed by atoms with Gasteiger partial charge in [-0.05, 0) is 0 Å². The van der Waals surface area contributed by atoms with Crippen LogP contribution in [0.5, 0.6) is 0 Å². The first kappa shape index (κ1) is 13.0. The van der Waals surface area contributed by atoms with Crippen LogP contribution in [0, 0.1) is 0 Å². The lowest BCUT2D eigenvalue weighted by Crippen LogP contribution is -2.65. The highest BCUT2D eigenvalue weighted by Gasteiger charge is 2.52. The first-order valence-corrected chi connectivity index (χ1v) is 5.59. The van der Waals surface area contributed by atoms with E-state index in [1.54, 1.807) is 0 Å². The van der Waals surface area contributed by atoms with Gasteiger partial charge in [0, 0.05) is 62.6 Å². The normalized spacial score (nSPS) is 31.9. The van der Waals surface area contributed by atoms with Crippen molar-refractivity contribution in [2.75, 3.05) is 13.2 Å².